The van der Waals surface area contributed by atoms with Gasteiger partial charge >= 0.3 is 0 Å². The van der Waals surface area contributed by atoms with Crippen molar-refractivity contribution in [3.05, 3.63) is 121 Å². The summed E-state index contributed by atoms with van der Waals surface area (Å²) in [6.07, 6.45) is 3.47. The molecular formula is C32H22FN5O. The highest BCUT2D eigenvalue weighted by Crippen LogP contribution is 2.35. The van der Waals surface area contributed by atoms with Crippen LogP contribution in [0.2, 0.25) is 0 Å². The minimum atomic E-state index is -0.257. The third kappa shape index (κ3) is 4.30. The van der Waals surface area contributed by atoms with Gasteiger partial charge in [0.1, 0.15) is 29.4 Å². The van der Waals surface area contributed by atoms with E-state index in [-0.39, 0.29) is 5.82 Å². The number of nitrogens with zero attached hydrogens (tertiary/aromatic N) is 3. The van der Waals surface area contributed by atoms with E-state index in [0.717, 1.165) is 50.0 Å². The van der Waals surface area contributed by atoms with E-state index in [9.17, 15) is 4.39 Å². The Morgan fingerprint density at radius 3 is 2.51 bits per heavy atom. The molecule has 3 aromatic carbocycles. The van der Waals surface area contributed by atoms with E-state index >= 15 is 0 Å². The lowest BCUT2D eigenvalue weighted by molar-refractivity contribution is 0.305. The van der Waals surface area contributed by atoms with Crippen molar-refractivity contribution in [3.63, 3.8) is 0 Å². The van der Waals surface area contributed by atoms with Gasteiger partial charge in [0, 0.05) is 28.2 Å². The molecule has 0 amide bonds. The number of aromatic amines is 2. The number of ether oxygens (including phenoxy) is 1. The fourth-order valence-electron chi connectivity index (χ4n) is 4.82. The third-order valence-corrected chi connectivity index (χ3v) is 6.75. The summed E-state index contributed by atoms with van der Waals surface area (Å²) >= 11 is 0. The highest BCUT2D eigenvalue weighted by Gasteiger charge is 2.16. The molecule has 0 aliphatic carbocycles. The van der Waals surface area contributed by atoms with Crippen LogP contribution in [0.3, 0.4) is 0 Å². The van der Waals surface area contributed by atoms with Gasteiger partial charge in [0.25, 0.3) is 0 Å². The van der Waals surface area contributed by atoms with Gasteiger partial charge in [-0.1, -0.05) is 60.7 Å². The lowest BCUT2D eigenvalue weighted by Gasteiger charge is -2.08. The Morgan fingerprint density at radius 1 is 0.769 bits per heavy atom. The maximum Gasteiger partial charge on any atom is 0.138 e. The molecule has 0 bridgehead atoms. The molecule has 0 saturated carbocycles. The molecule has 7 rings (SSSR count). The van der Waals surface area contributed by atoms with Gasteiger partial charge in [-0.2, -0.15) is 5.10 Å². The molecule has 0 aliphatic heterocycles. The summed E-state index contributed by atoms with van der Waals surface area (Å²) in [7, 11) is 0. The van der Waals surface area contributed by atoms with Crippen LogP contribution in [-0.2, 0) is 6.61 Å². The predicted octanol–water partition coefficient (Wildman–Crippen LogP) is 7.55. The van der Waals surface area contributed by atoms with Crippen LogP contribution < -0.4 is 4.74 Å². The average Bonchev–Trinajstić information content (AvgIpc) is 3.61. The van der Waals surface area contributed by atoms with E-state index in [0.29, 0.717) is 23.6 Å². The third-order valence-electron chi connectivity index (χ3n) is 6.75. The molecule has 0 aliphatic rings. The van der Waals surface area contributed by atoms with E-state index in [1.807, 2.05) is 78.9 Å². The zero-order valence-electron chi connectivity index (χ0n) is 20.7. The molecule has 7 aromatic rings. The Bertz CT molecular complexity index is 1940. The van der Waals surface area contributed by atoms with Crippen molar-refractivity contribution in [1.29, 1.82) is 0 Å². The standard InChI is InChI=1S/C32H22FN5O/c33-26-11-5-4-9-24(26)23-10-6-12-28-25(23)16-30(35-28)32-31-29(37-38-32)14-13-27(36-31)21-15-22(18-34-17-21)39-19-20-7-2-1-3-8-20/h1-18,35H,19H2,(H,37,38). The fraction of sp³-hybridized carbons (Fsp3) is 0.0312. The molecule has 188 valence electrons. The van der Waals surface area contributed by atoms with Gasteiger partial charge < -0.3 is 9.72 Å². The second-order valence-electron chi connectivity index (χ2n) is 9.28. The molecule has 0 spiro atoms. The van der Waals surface area contributed by atoms with Crippen molar-refractivity contribution in [3.8, 4) is 39.5 Å². The summed E-state index contributed by atoms with van der Waals surface area (Å²) in [5.41, 5.74) is 7.97. The average molecular weight is 512 g/mol. The van der Waals surface area contributed by atoms with Crippen LogP contribution in [0.4, 0.5) is 4.39 Å². The molecule has 7 heteroatoms. The molecule has 0 unspecified atom stereocenters. The lowest BCUT2D eigenvalue weighted by Crippen LogP contribution is -1.96. The quantitative estimate of drug-likeness (QED) is 0.242. The van der Waals surface area contributed by atoms with Crippen molar-refractivity contribution in [2.75, 3.05) is 0 Å². The van der Waals surface area contributed by atoms with Crippen LogP contribution >= 0.6 is 0 Å². The Labute approximate surface area is 223 Å². The summed E-state index contributed by atoms with van der Waals surface area (Å²) in [6, 6.07) is 30.5. The number of pyridine rings is 2. The second-order valence-corrected chi connectivity index (χ2v) is 9.28. The van der Waals surface area contributed by atoms with Gasteiger partial charge in [0.15, 0.2) is 0 Å². The van der Waals surface area contributed by atoms with E-state index in [4.69, 9.17) is 9.72 Å². The smallest absolute Gasteiger partial charge is 0.138 e. The van der Waals surface area contributed by atoms with Gasteiger partial charge in [-0.3, -0.25) is 10.1 Å². The number of hydrogen-bond donors (Lipinski definition) is 2. The SMILES string of the molecule is Fc1ccccc1-c1cccc2[nH]c(-c3n[nH]c4ccc(-c5cncc(OCc6ccccc6)c5)nc34)cc12. The Morgan fingerprint density at radius 2 is 1.62 bits per heavy atom. The number of hydrogen-bond acceptors (Lipinski definition) is 4. The summed E-state index contributed by atoms with van der Waals surface area (Å²) in [6.45, 7) is 0.458. The molecule has 39 heavy (non-hydrogen) atoms. The van der Waals surface area contributed by atoms with Gasteiger partial charge in [0.2, 0.25) is 0 Å². The van der Waals surface area contributed by atoms with Crippen LogP contribution in [0.25, 0.3) is 55.7 Å². The van der Waals surface area contributed by atoms with Crippen LogP contribution in [0.1, 0.15) is 5.56 Å². The van der Waals surface area contributed by atoms with E-state index in [1.54, 1.807) is 24.5 Å². The Balaban J connectivity index is 1.25. The molecule has 0 fully saturated rings. The monoisotopic (exact) mass is 511 g/mol. The second kappa shape index (κ2) is 9.54. The molecule has 6 nitrogen and oxygen atoms in total. The zero-order chi connectivity index (χ0) is 26.2. The first-order chi connectivity index (χ1) is 19.2. The van der Waals surface area contributed by atoms with Gasteiger partial charge in [-0.25, -0.2) is 9.37 Å². The van der Waals surface area contributed by atoms with Crippen LogP contribution in [-0.4, -0.2) is 25.1 Å². The van der Waals surface area contributed by atoms with Crippen LogP contribution in [0.15, 0.2) is 109 Å². The number of H-pyrrole nitrogens is 2. The summed E-state index contributed by atoms with van der Waals surface area (Å²) in [4.78, 5) is 12.8. The van der Waals surface area contributed by atoms with Crippen LogP contribution in [0.5, 0.6) is 5.75 Å². The van der Waals surface area contributed by atoms with Crippen molar-refractivity contribution >= 4 is 21.9 Å². The van der Waals surface area contributed by atoms with Gasteiger partial charge in [-0.15, -0.1) is 0 Å². The topological polar surface area (TPSA) is 79.5 Å². The molecule has 0 saturated heterocycles. The van der Waals surface area contributed by atoms with Crippen LogP contribution in [0, 0.1) is 5.82 Å². The van der Waals surface area contributed by atoms with Crippen molar-refractivity contribution in [1.82, 2.24) is 25.1 Å². The molecule has 4 heterocycles. The normalized spacial score (nSPS) is 11.3. The molecule has 0 radical (unpaired) electrons. The Kier molecular flexibility index (Phi) is 5.59. The maximum atomic E-state index is 14.6. The summed E-state index contributed by atoms with van der Waals surface area (Å²) in [5, 5.41) is 8.56. The minimum Gasteiger partial charge on any atom is -0.487 e. The first-order valence-corrected chi connectivity index (χ1v) is 12.6. The molecular weight excluding hydrogens is 489 g/mol. The maximum absolute atomic E-state index is 14.6. The largest absolute Gasteiger partial charge is 0.487 e. The van der Waals surface area contributed by atoms with Gasteiger partial charge in [0.05, 0.1) is 23.1 Å². The highest BCUT2D eigenvalue weighted by molar-refractivity contribution is 6.00. The fourth-order valence-corrected chi connectivity index (χ4v) is 4.82. The number of halogens is 1. The first-order valence-electron chi connectivity index (χ1n) is 12.6. The first kappa shape index (κ1) is 22.9. The molecule has 2 N–H and O–H groups in total. The lowest BCUT2D eigenvalue weighted by atomic mass is 10.0. The number of aromatic nitrogens is 5. The van der Waals surface area contributed by atoms with E-state index < -0.39 is 0 Å². The van der Waals surface area contributed by atoms with E-state index in [1.165, 1.54) is 6.07 Å². The number of rotatable bonds is 6. The number of nitrogens with one attached hydrogen (secondary N) is 2. The minimum absolute atomic E-state index is 0.257. The van der Waals surface area contributed by atoms with Crippen molar-refractivity contribution in [2.24, 2.45) is 0 Å². The van der Waals surface area contributed by atoms with Crippen molar-refractivity contribution in [2.45, 2.75) is 6.61 Å². The van der Waals surface area contributed by atoms with Crippen molar-refractivity contribution < 1.29 is 9.13 Å². The summed E-state index contributed by atoms with van der Waals surface area (Å²) < 4.78 is 20.6. The van der Waals surface area contributed by atoms with E-state index in [2.05, 4.69) is 20.2 Å². The Hall–Kier alpha value is -5.30. The molecule has 0 atom stereocenters. The number of fused-ring (bicyclic) bond motifs is 2. The predicted molar refractivity (Wildman–Crippen MR) is 151 cm³/mol. The summed E-state index contributed by atoms with van der Waals surface area (Å²) in [5.74, 6) is 0.412. The zero-order valence-corrected chi connectivity index (χ0v) is 20.7. The highest BCUT2D eigenvalue weighted by atomic mass is 19.1. The van der Waals surface area contributed by atoms with Gasteiger partial charge in [-0.05, 0) is 47.5 Å². The molecule has 4 aromatic heterocycles. The number of benzene rings is 3.